The van der Waals surface area contributed by atoms with Gasteiger partial charge in [0.25, 0.3) is 10.0 Å². The molecule has 1 heterocycles. The smallest absolute Gasteiger partial charge is 0.261 e. The van der Waals surface area contributed by atoms with Gasteiger partial charge in [-0.1, -0.05) is 35.9 Å². The molecule has 5 nitrogen and oxygen atoms in total. The zero-order chi connectivity index (χ0) is 23.0. The van der Waals surface area contributed by atoms with Gasteiger partial charge in [-0.15, -0.1) is 0 Å². The lowest BCUT2D eigenvalue weighted by Crippen LogP contribution is -2.29. The first-order valence-corrected chi connectivity index (χ1v) is 12.9. The third kappa shape index (κ3) is 4.33. The summed E-state index contributed by atoms with van der Waals surface area (Å²) in [6.45, 7) is 2.61. The van der Waals surface area contributed by atoms with Gasteiger partial charge in [-0.25, -0.2) is 8.42 Å². The third-order valence-electron chi connectivity index (χ3n) is 6.29. The fourth-order valence-corrected chi connectivity index (χ4v) is 5.96. The molecule has 170 valence electrons. The molecule has 5 rings (SSSR count). The van der Waals surface area contributed by atoms with E-state index < -0.39 is 10.0 Å². The lowest BCUT2D eigenvalue weighted by Gasteiger charge is -2.37. The van der Waals surface area contributed by atoms with E-state index in [0.717, 1.165) is 23.4 Å². The Labute approximate surface area is 199 Å². The SMILES string of the molecule is CCOc1ccc([C@H]2Nc3ccc(S(=O)(=O)Nc4ccc(Cl)cc4)cc3[C@H]3C=CC[C@H]32)cc1. The second kappa shape index (κ2) is 8.76. The number of benzene rings is 3. The Morgan fingerprint density at radius 1 is 1.06 bits per heavy atom. The number of hydrogen-bond acceptors (Lipinski definition) is 4. The van der Waals surface area contributed by atoms with E-state index in [9.17, 15) is 8.42 Å². The van der Waals surface area contributed by atoms with Crippen LogP contribution in [-0.4, -0.2) is 15.0 Å². The molecule has 0 amide bonds. The second-order valence-electron chi connectivity index (χ2n) is 8.34. The van der Waals surface area contributed by atoms with Gasteiger partial charge in [-0.2, -0.15) is 0 Å². The summed E-state index contributed by atoms with van der Waals surface area (Å²) in [6.07, 6.45) is 5.34. The number of hydrogen-bond donors (Lipinski definition) is 2. The second-order valence-corrected chi connectivity index (χ2v) is 10.5. The fraction of sp³-hybridized carbons (Fsp3) is 0.231. The lowest BCUT2D eigenvalue weighted by molar-refractivity contribution is 0.340. The number of allylic oxidation sites excluding steroid dienone is 2. The van der Waals surface area contributed by atoms with Crippen LogP contribution in [0.4, 0.5) is 11.4 Å². The number of halogens is 1. The highest BCUT2D eigenvalue weighted by Gasteiger charge is 2.38. The van der Waals surface area contributed by atoms with Crippen LogP contribution in [0.1, 0.15) is 36.4 Å². The van der Waals surface area contributed by atoms with Gasteiger partial charge in [0, 0.05) is 22.3 Å². The van der Waals surface area contributed by atoms with Crippen molar-refractivity contribution < 1.29 is 13.2 Å². The maximum atomic E-state index is 13.0. The number of fused-ring (bicyclic) bond motifs is 3. The Kier molecular flexibility index (Phi) is 5.81. The van der Waals surface area contributed by atoms with Crippen LogP contribution in [0.15, 0.2) is 83.8 Å². The molecule has 0 unspecified atom stereocenters. The summed E-state index contributed by atoms with van der Waals surface area (Å²) in [5.41, 5.74) is 3.65. The number of nitrogens with one attached hydrogen (secondary N) is 2. The summed E-state index contributed by atoms with van der Waals surface area (Å²) in [5.74, 6) is 1.34. The van der Waals surface area contributed by atoms with E-state index in [1.807, 2.05) is 25.1 Å². The zero-order valence-corrected chi connectivity index (χ0v) is 19.7. The van der Waals surface area contributed by atoms with Crippen LogP contribution in [0, 0.1) is 5.92 Å². The minimum absolute atomic E-state index is 0.142. The predicted molar refractivity (Wildman–Crippen MR) is 133 cm³/mol. The molecule has 7 heteroatoms. The summed E-state index contributed by atoms with van der Waals surface area (Å²) >= 11 is 5.91. The monoisotopic (exact) mass is 480 g/mol. The van der Waals surface area contributed by atoms with Crippen LogP contribution in [-0.2, 0) is 10.0 Å². The van der Waals surface area contributed by atoms with Crippen LogP contribution in [0.3, 0.4) is 0 Å². The Hall–Kier alpha value is -2.96. The van der Waals surface area contributed by atoms with Crippen molar-refractivity contribution in [1.82, 2.24) is 0 Å². The Morgan fingerprint density at radius 3 is 2.55 bits per heavy atom. The predicted octanol–water partition coefficient (Wildman–Crippen LogP) is 6.37. The van der Waals surface area contributed by atoms with Gasteiger partial charge in [0.05, 0.1) is 17.5 Å². The Bertz CT molecular complexity index is 1290. The van der Waals surface area contributed by atoms with Crippen molar-refractivity contribution in [1.29, 1.82) is 0 Å². The summed E-state index contributed by atoms with van der Waals surface area (Å²) in [5, 5.41) is 4.21. The molecule has 0 spiro atoms. The molecule has 3 aromatic carbocycles. The number of ether oxygens (including phenoxy) is 1. The molecule has 33 heavy (non-hydrogen) atoms. The van der Waals surface area contributed by atoms with Gasteiger partial charge in [0.2, 0.25) is 0 Å². The van der Waals surface area contributed by atoms with Crippen LogP contribution in [0.5, 0.6) is 5.75 Å². The normalized spacial score (nSPS) is 21.1. The standard InChI is InChI=1S/C26H25ClN2O3S/c1-2-32-20-12-6-17(7-13-20)26-23-5-3-4-22(23)24-16-21(14-15-25(24)28-26)33(30,31)29-19-10-8-18(27)9-11-19/h3-4,6-16,22-23,26,28-29H,2,5H2,1H3/t22-,23+,26+/m0/s1. The molecule has 0 radical (unpaired) electrons. The first kappa shape index (κ1) is 21.9. The van der Waals surface area contributed by atoms with Crippen LogP contribution in [0.2, 0.25) is 5.02 Å². The molecule has 1 aliphatic heterocycles. The number of sulfonamides is 1. The molecule has 2 aliphatic rings. The van der Waals surface area contributed by atoms with Gasteiger partial charge in [0.15, 0.2) is 0 Å². The highest BCUT2D eigenvalue weighted by Crippen LogP contribution is 2.50. The van der Waals surface area contributed by atoms with E-state index in [-0.39, 0.29) is 16.9 Å². The molecule has 0 saturated carbocycles. The number of rotatable bonds is 6. The highest BCUT2D eigenvalue weighted by atomic mass is 35.5. The van der Waals surface area contributed by atoms with Crippen molar-refractivity contribution >= 4 is 33.0 Å². The van der Waals surface area contributed by atoms with Gasteiger partial charge in [0.1, 0.15) is 5.75 Å². The topological polar surface area (TPSA) is 67.4 Å². The molecular formula is C26H25ClN2O3S. The molecule has 0 saturated heterocycles. The van der Waals surface area contributed by atoms with E-state index >= 15 is 0 Å². The van der Waals surface area contributed by atoms with Crippen LogP contribution >= 0.6 is 11.6 Å². The highest BCUT2D eigenvalue weighted by molar-refractivity contribution is 7.92. The molecular weight excluding hydrogens is 456 g/mol. The molecule has 3 aromatic rings. The van der Waals surface area contributed by atoms with E-state index in [1.54, 1.807) is 36.4 Å². The van der Waals surface area contributed by atoms with Gasteiger partial charge in [-0.05, 0) is 85.0 Å². The van der Waals surface area contributed by atoms with Crippen molar-refractivity contribution in [3.8, 4) is 5.75 Å². The molecule has 0 bridgehead atoms. The maximum absolute atomic E-state index is 13.0. The zero-order valence-electron chi connectivity index (χ0n) is 18.2. The van der Waals surface area contributed by atoms with Gasteiger partial charge < -0.3 is 10.1 Å². The van der Waals surface area contributed by atoms with E-state index in [2.05, 4.69) is 34.3 Å². The summed E-state index contributed by atoms with van der Waals surface area (Å²) < 4.78 is 34.3. The molecule has 1 aliphatic carbocycles. The van der Waals surface area contributed by atoms with Crippen molar-refractivity contribution in [2.24, 2.45) is 5.92 Å². The summed E-state index contributed by atoms with van der Waals surface area (Å²) in [4.78, 5) is 0.247. The minimum Gasteiger partial charge on any atom is -0.494 e. The van der Waals surface area contributed by atoms with Gasteiger partial charge >= 0.3 is 0 Å². The minimum atomic E-state index is -3.72. The molecule has 0 aromatic heterocycles. The van der Waals surface area contributed by atoms with E-state index in [4.69, 9.17) is 16.3 Å². The Morgan fingerprint density at radius 2 is 1.82 bits per heavy atom. The largest absolute Gasteiger partial charge is 0.494 e. The third-order valence-corrected chi connectivity index (χ3v) is 7.92. The maximum Gasteiger partial charge on any atom is 0.261 e. The molecule has 0 fully saturated rings. The van der Waals surface area contributed by atoms with Crippen molar-refractivity contribution in [3.63, 3.8) is 0 Å². The summed E-state index contributed by atoms with van der Waals surface area (Å²) in [7, 11) is -3.72. The van der Waals surface area contributed by atoms with Crippen molar-refractivity contribution in [2.75, 3.05) is 16.6 Å². The van der Waals surface area contributed by atoms with E-state index in [0.29, 0.717) is 23.2 Å². The fourth-order valence-electron chi connectivity index (χ4n) is 4.74. The van der Waals surface area contributed by atoms with Crippen LogP contribution in [0.25, 0.3) is 0 Å². The van der Waals surface area contributed by atoms with Crippen LogP contribution < -0.4 is 14.8 Å². The van der Waals surface area contributed by atoms with Crippen molar-refractivity contribution in [2.45, 2.75) is 30.2 Å². The average molecular weight is 481 g/mol. The van der Waals surface area contributed by atoms with E-state index in [1.165, 1.54) is 5.56 Å². The summed E-state index contributed by atoms with van der Waals surface area (Å²) in [6, 6.07) is 20.3. The molecule has 2 N–H and O–H groups in total. The van der Waals surface area contributed by atoms with Gasteiger partial charge in [-0.3, -0.25) is 4.72 Å². The quantitative estimate of drug-likeness (QED) is 0.402. The first-order valence-electron chi connectivity index (χ1n) is 11.0. The number of anilines is 2. The molecule has 3 atom stereocenters. The van der Waals surface area contributed by atoms with Crippen molar-refractivity contribution in [3.05, 3.63) is 95.0 Å². The average Bonchev–Trinajstić information content (AvgIpc) is 3.31. The lowest BCUT2D eigenvalue weighted by atomic mass is 9.77. The first-order chi connectivity index (χ1) is 15.9. The Balaban J connectivity index is 1.44.